The van der Waals surface area contributed by atoms with Crippen molar-refractivity contribution in [1.82, 2.24) is 9.80 Å². The number of anilines is 2. The Morgan fingerprint density at radius 3 is 2.34 bits per heavy atom. The van der Waals surface area contributed by atoms with Gasteiger partial charge in [-0.1, -0.05) is 42.0 Å². The fourth-order valence-corrected chi connectivity index (χ4v) is 5.36. The average Bonchev–Trinajstić information content (AvgIpc) is 3.20. The van der Waals surface area contributed by atoms with Crippen LogP contribution in [0.25, 0.3) is 0 Å². The summed E-state index contributed by atoms with van der Waals surface area (Å²) >= 11 is 0. The van der Waals surface area contributed by atoms with E-state index in [2.05, 4.69) is 10.2 Å². The topological polar surface area (TPSA) is 82.2 Å². The van der Waals surface area contributed by atoms with Crippen molar-refractivity contribution in [1.29, 1.82) is 0 Å². The van der Waals surface area contributed by atoms with Gasteiger partial charge in [-0.25, -0.2) is 0 Å². The Morgan fingerprint density at radius 2 is 1.66 bits per heavy atom. The van der Waals surface area contributed by atoms with E-state index in [0.29, 0.717) is 49.6 Å². The number of methoxy groups -OCH3 is 1. The number of para-hydroxylation sites is 1. The standard InChI is InChI=1S/C30H32N4O4/c1-22-11-13-23(14-12-22)28(36)32-17-15-30(16-18-32)29(37)33(21-34(30)25-8-4-3-5-9-25)20-27(35)31-24-7-6-10-26(19-24)38-2/h3-14,19H,15-18,20-21H2,1-2H3,(H,31,35). The Balaban J connectivity index is 1.33. The second-order valence-corrected chi connectivity index (χ2v) is 9.88. The van der Waals surface area contributed by atoms with Crippen molar-refractivity contribution in [3.63, 3.8) is 0 Å². The summed E-state index contributed by atoms with van der Waals surface area (Å²) in [6.45, 7) is 3.16. The third-order valence-electron chi connectivity index (χ3n) is 7.45. The van der Waals surface area contributed by atoms with Crippen molar-refractivity contribution < 1.29 is 19.1 Å². The number of hydrogen-bond acceptors (Lipinski definition) is 5. The molecule has 0 aliphatic carbocycles. The summed E-state index contributed by atoms with van der Waals surface area (Å²) in [6.07, 6.45) is 0.985. The molecule has 3 aromatic carbocycles. The molecule has 3 amide bonds. The number of ether oxygens (including phenoxy) is 1. The molecule has 38 heavy (non-hydrogen) atoms. The van der Waals surface area contributed by atoms with Crippen molar-refractivity contribution >= 4 is 29.1 Å². The van der Waals surface area contributed by atoms with Gasteiger partial charge in [-0.2, -0.15) is 0 Å². The van der Waals surface area contributed by atoms with Crippen LogP contribution in [0.1, 0.15) is 28.8 Å². The molecule has 2 saturated heterocycles. The summed E-state index contributed by atoms with van der Waals surface area (Å²) < 4.78 is 5.23. The highest BCUT2D eigenvalue weighted by atomic mass is 16.5. The Labute approximate surface area is 222 Å². The number of nitrogens with zero attached hydrogens (tertiary/aromatic N) is 3. The van der Waals surface area contributed by atoms with E-state index < -0.39 is 5.54 Å². The van der Waals surface area contributed by atoms with Crippen LogP contribution < -0.4 is 15.0 Å². The summed E-state index contributed by atoms with van der Waals surface area (Å²) in [5.74, 6) is 0.264. The maximum atomic E-state index is 13.9. The summed E-state index contributed by atoms with van der Waals surface area (Å²) in [4.78, 5) is 45.5. The first kappa shape index (κ1) is 25.3. The number of amides is 3. The first-order valence-electron chi connectivity index (χ1n) is 12.8. The van der Waals surface area contributed by atoms with E-state index in [9.17, 15) is 14.4 Å². The first-order valence-corrected chi connectivity index (χ1v) is 12.8. The monoisotopic (exact) mass is 512 g/mol. The van der Waals surface area contributed by atoms with Gasteiger partial charge < -0.3 is 24.8 Å². The number of carbonyl (C=O) groups is 3. The highest BCUT2D eigenvalue weighted by Gasteiger charge is 2.54. The summed E-state index contributed by atoms with van der Waals surface area (Å²) in [6, 6.07) is 24.5. The minimum absolute atomic E-state index is 0.0221. The zero-order valence-electron chi connectivity index (χ0n) is 21.7. The molecule has 0 saturated carbocycles. The van der Waals surface area contributed by atoms with Crippen LogP contribution in [0.2, 0.25) is 0 Å². The summed E-state index contributed by atoms with van der Waals surface area (Å²) in [7, 11) is 1.57. The van der Waals surface area contributed by atoms with Crippen LogP contribution >= 0.6 is 0 Å². The van der Waals surface area contributed by atoms with Gasteiger partial charge in [0.2, 0.25) is 5.91 Å². The molecule has 1 N–H and O–H groups in total. The van der Waals surface area contributed by atoms with Gasteiger partial charge in [-0.05, 0) is 56.2 Å². The smallest absolute Gasteiger partial charge is 0.253 e. The zero-order chi connectivity index (χ0) is 26.7. The van der Waals surface area contributed by atoms with Gasteiger partial charge in [0.25, 0.3) is 11.8 Å². The molecule has 2 aliphatic rings. The number of carbonyl (C=O) groups excluding carboxylic acids is 3. The summed E-state index contributed by atoms with van der Waals surface area (Å²) in [5.41, 5.74) is 2.49. The number of aryl methyl sites for hydroxylation is 1. The molecule has 8 heteroatoms. The fourth-order valence-electron chi connectivity index (χ4n) is 5.36. The zero-order valence-corrected chi connectivity index (χ0v) is 21.7. The van der Waals surface area contributed by atoms with Gasteiger partial charge in [0.1, 0.15) is 17.8 Å². The minimum Gasteiger partial charge on any atom is -0.497 e. The molecule has 0 unspecified atom stereocenters. The van der Waals surface area contributed by atoms with Crippen LogP contribution in [0.4, 0.5) is 11.4 Å². The third-order valence-corrected chi connectivity index (χ3v) is 7.45. The Kier molecular flexibility index (Phi) is 7.05. The van der Waals surface area contributed by atoms with Gasteiger partial charge in [0, 0.05) is 36.1 Å². The molecule has 8 nitrogen and oxygen atoms in total. The Bertz CT molecular complexity index is 1320. The highest BCUT2D eigenvalue weighted by molar-refractivity contribution is 6.00. The molecule has 3 aromatic rings. The van der Waals surface area contributed by atoms with Crippen LogP contribution in [0.5, 0.6) is 5.75 Å². The number of benzene rings is 3. The second-order valence-electron chi connectivity index (χ2n) is 9.88. The number of nitrogens with one attached hydrogen (secondary N) is 1. The van der Waals surface area contributed by atoms with Gasteiger partial charge in [0.15, 0.2) is 0 Å². The van der Waals surface area contributed by atoms with E-state index in [1.54, 1.807) is 36.3 Å². The number of piperidine rings is 1. The maximum Gasteiger partial charge on any atom is 0.253 e. The third kappa shape index (κ3) is 4.94. The number of rotatable bonds is 6. The minimum atomic E-state index is -0.804. The van der Waals surface area contributed by atoms with Gasteiger partial charge in [-0.3, -0.25) is 14.4 Å². The molecule has 5 rings (SSSR count). The van der Waals surface area contributed by atoms with Crippen LogP contribution in [-0.2, 0) is 9.59 Å². The van der Waals surface area contributed by atoms with Crippen molar-refractivity contribution in [2.75, 3.05) is 43.6 Å². The highest BCUT2D eigenvalue weighted by Crippen LogP contribution is 2.39. The van der Waals surface area contributed by atoms with Crippen molar-refractivity contribution in [2.24, 2.45) is 0 Å². The van der Waals surface area contributed by atoms with Crippen LogP contribution in [0.3, 0.4) is 0 Å². The molecular weight excluding hydrogens is 480 g/mol. The molecular formula is C30H32N4O4. The van der Waals surface area contributed by atoms with Gasteiger partial charge in [-0.15, -0.1) is 0 Å². The van der Waals surface area contributed by atoms with Crippen molar-refractivity contribution in [3.8, 4) is 5.75 Å². The van der Waals surface area contributed by atoms with Crippen molar-refractivity contribution in [2.45, 2.75) is 25.3 Å². The largest absolute Gasteiger partial charge is 0.497 e. The van der Waals surface area contributed by atoms with E-state index in [-0.39, 0.29) is 24.3 Å². The van der Waals surface area contributed by atoms with Gasteiger partial charge in [0.05, 0.1) is 13.8 Å². The average molecular weight is 513 g/mol. The van der Waals surface area contributed by atoms with E-state index in [0.717, 1.165) is 11.3 Å². The number of hydrogen-bond donors (Lipinski definition) is 1. The lowest BCUT2D eigenvalue weighted by Gasteiger charge is -2.43. The molecule has 0 atom stereocenters. The van der Waals surface area contributed by atoms with Crippen molar-refractivity contribution in [3.05, 3.63) is 90.0 Å². The molecule has 0 aromatic heterocycles. The fraction of sp³-hybridized carbons (Fsp3) is 0.300. The molecule has 0 radical (unpaired) electrons. The molecule has 1 spiro atoms. The van der Waals surface area contributed by atoms with Crippen LogP contribution in [-0.4, -0.2) is 66.5 Å². The molecule has 196 valence electrons. The van der Waals surface area contributed by atoms with Crippen LogP contribution in [0.15, 0.2) is 78.9 Å². The SMILES string of the molecule is COc1cccc(NC(=O)CN2CN(c3ccccc3)C3(CCN(C(=O)c4ccc(C)cc4)CC3)C2=O)c1. The second kappa shape index (κ2) is 10.6. The molecule has 0 bridgehead atoms. The maximum absolute atomic E-state index is 13.9. The van der Waals surface area contributed by atoms with E-state index >= 15 is 0 Å². The lowest BCUT2D eigenvalue weighted by atomic mass is 9.85. The quantitative estimate of drug-likeness (QED) is 0.541. The predicted octanol–water partition coefficient (Wildman–Crippen LogP) is 3.92. The molecule has 2 aliphatic heterocycles. The first-order chi connectivity index (χ1) is 18.4. The normalized spacial score (nSPS) is 16.6. The lowest BCUT2D eigenvalue weighted by Crippen LogP contribution is -2.57. The van der Waals surface area contributed by atoms with Gasteiger partial charge >= 0.3 is 0 Å². The Morgan fingerprint density at radius 1 is 0.947 bits per heavy atom. The van der Waals surface area contributed by atoms with Crippen LogP contribution in [0, 0.1) is 6.92 Å². The van der Waals surface area contributed by atoms with E-state index in [1.165, 1.54) is 0 Å². The molecule has 2 fully saturated rings. The number of likely N-dealkylation sites (tertiary alicyclic amines) is 1. The lowest BCUT2D eigenvalue weighted by molar-refractivity contribution is -0.136. The summed E-state index contributed by atoms with van der Waals surface area (Å²) in [5, 5.41) is 2.87. The molecule has 2 heterocycles. The Hall–Kier alpha value is -4.33. The van der Waals surface area contributed by atoms with E-state index in [1.807, 2.05) is 66.4 Å². The predicted molar refractivity (Wildman–Crippen MR) is 146 cm³/mol. The van der Waals surface area contributed by atoms with E-state index in [4.69, 9.17) is 4.74 Å².